The number of hydrogen-bond acceptors (Lipinski definition) is 14. The number of nitrogens with zero attached hydrogens (tertiary/aromatic N) is 2. The molecular weight excluding hydrogens is 619 g/mol. The Morgan fingerprint density at radius 3 is 2.15 bits per heavy atom. The van der Waals surface area contributed by atoms with Crippen LogP contribution in [0.15, 0.2) is 17.1 Å². The summed E-state index contributed by atoms with van der Waals surface area (Å²) >= 11 is 0. The zero-order chi connectivity index (χ0) is 31.3. The standard InChI is InChI=1S/C19H32N3O16P3/c1-10(2)33-16-14(9-32-39(26,27)37-41(30,31)38-40(28,29)36-11(3)4)35-18(17(16)34-13(6)24)22-8-7-15(20-12(5)23)21-19(22)25/h7-8,10-11,14,16-18H,9H2,1-6H3,(H,26,27)(H,28,29)(H,30,31)(H,20,21,23,25)/t14-,16?,17+,18-/m1/s1. The molecule has 4 unspecified atom stereocenters. The molecule has 22 heteroatoms. The molecule has 1 aliphatic heterocycles. The first-order chi connectivity index (χ1) is 18.7. The van der Waals surface area contributed by atoms with E-state index in [1.54, 1.807) is 13.8 Å². The molecule has 1 aliphatic rings. The van der Waals surface area contributed by atoms with Gasteiger partial charge in [0.2, 0.25) is 5.91 Å². The number of carbonyl (C=O) groups excluding carboxylic acids is 2. The average molecular weight is 651 g/mol. The third kappa shape index (κ3) is 11.4. The molecule has 234 valence electrons. The van der Waals surface area contributed by atoms with Crippen molar-refractivity contribution in [1.82, 2.24) is 9.55 Å². The minimum atomic E-state index is -5.70. The van der Waals surface area contributed by atoms with Crippen LogP contribution >= 0.6 is 23.5 Å². The van der Waals surface area contributed by atoms with Crippen molar-refractivity contribution < 1.29 is 69.8 Å². The number of rotatable bonds is 14. The van der Waals surface area contributed by atoms with Crippen LogP contribution in [0.2, 0.25) is 0 Å². The van der Waals surface area contributed by atoms with Gasteiger partial charge in [0.1, 0.15) is 18.0 Å². The van der Waals surface area contributed by atoms with E-state index in [0.717, 1.165) is 11.5 Å². The fourth-order valence-electron chi connectivity index (χ4n) is 3.47. The molecule has 2 rings (SSSR count). The van der Waals surface area contributed by atoms with Gasteiger partial charge in [-0.25, -0.2) is 18.5 Å². The first kappa shape index (κ1) is 35.3. The maximum Gasteiger partial charge on any atom is 0.490 e. The Labute approximate surface area is 233 Å². The number of anilines is 1. The van der Waals surface area contributed by atoms with E-state index in [4.69, 9.17) is 18.7 Å². The molecule has 0 spiro atoms. The van der Waals surface area contributed by atoms with Crippen molar-refractivity contribution in [1.29, 1.82) is 0 Å². The Balaban J connectivity index is 2.30. The molecule has 7 atom stereocenters. The molecule has 41 heavy (non-hydrogen) atoms. The summed E-state index contributed by atoms with van der Waals surface area (Å²) in [6.07, 6.45) is -5.64. The van der Waals surface area contributed by atoms with Gasteiger partial charge in [0.05, 0.1) is 18.8 Å². The fraction of sp³-hybridized carbons (Fsp3) is 0.684. The number of hydrogen-bond donors (Lipinski definition) is 4. The summed E-state index contributed by atoms with van der Waals surface area (Å²) in [6.45, 7) is 7.21. The summed E-state index contributed by atoms with van der Waals surface area (Å²) in [4.78, 5) is 68.8. The molecule has 0 radical (unpaired) electrons. The summed E-state index contributed by atoms with van der Waals surface area (Å²) < 4.78 is 71.3. The Morgan fingerprint density at radius 2 is 1.63 bits per heavy atom. The van der Waals surface area contributed by atoms with Crippen LogP contribution in [0.3, 0.4) is 0 Å². The van der Waals surface area contributed by atoms with Crippen LogP contribution in [-0.4, -0.2) is 73.2 Å². The van der Waals surface area contributed by atoms with Crippen molar-refractivity contribution >= 4 is 41.2 Å². The second kappa shape index (κ2) is 14.1. The number of ether oxygens (including phenoxy) is 3. The van der Waals surface area contributed by atoms with E-state index in [1.807, 2.05) is 0 Å². The summed E-state index contributed by atoms with van der Waals surface area (Å²) in [7, 11) is -16.4. The maximum absolute atomic E-state index is 12.7. The van der Waals surface area contributed by atoms with Gasteiger partial charge in [-0.2, -0.15) is 13.6 Å². The van der Waals surface area contributed by atoms with Gasteiger partial charge in [0.25, 0.3) is 0 Å². The van der Waals surface area contributed by atoms with Crippen molar-refractivity contribution in [2.45, 2.75) is 78.3 Å². The monoisotopic (exact) mass is 651 g/mol. The number of aromatic nitrogens is 2. The summed E-state index contributed by atoms with van der Waals surface area (Å²) in [5.74, 6) is -1.37. The highest BCUT2D eigenvalue weighted by Crippen LogP contribution is 2.68. The number of carbonyl (C=O) groups is 2. The van der Waals surface area contributed by atoms with Crippen LogP contribution in [0.4, 0.5) is 5.82 Å². The number of nitrogens with one attached hydrogen (secondary N) is 1. The Morgan fingerprint density at radius 1 is 1.02 bits per heavy atom. The highest BCUT2D eigenvalue weighted by atomic mass is 31.3. The van der Waals surface area contributed by atoms with Gasteiger partial charge in [-0.05, 0) is 33.8 Å². The maximum atomic E-state index is 12.7. The minimum absolute atomic E-state index is 0.0733. The van der Waals surface area contributed by atoms with Crippen molar-refractivity contribution in [3.8, 4) is 0 Å². The van der Waals surface area contributed by atoms with Crippen molar-refractivity contribution in [2.24, 2.45) is 0 Å². The van der Waals surface area contributed by atoms with Crippen LogP contribution in [0, 0.1) is 0 Å². The topological polar surface area (TPSA) is 258 Å². The van der Waals surface area contributed by atoms with Crippen LogP contribution in [0.25, 0.3) is 0 Å². The lowest BCUT2D eigenvalue weighted by atomic mass is 10.1. The predicted molar refractivity (Wildman–Crippen MR) is 136 cm³/mol. The van der Waals surface area contributed by atoms with Crippen molar-refractivity contribution in [2.75, 3.05) is 11.9 Å². The largest absolute Gasteiger partial charge is 0.490 e. The normalized spacial score (nSPS) is 25.3. The molecule has 1 fully saturated rings. The average Bonchev–Trinajstić information content (AvgIpc) is 3.05. The fourth-order valence-corrected chi connectivity index (χ4v) is 7.16. The molecule has 1 aromatic heterocycles. The van der Waals surface area contributed by atoms with Gasteiger partial charge in [-0.15, -0.1) is 0 Å². The molecule has 19 nitrogen and oxygen atoms in total. The Hall–Kier alpha value is -1.85. The Bertz CT molecular complexity index is 1300. The third-order valence-electron chi connectivity index (χ3n) is 4.58. The highest BCUT2D eigenvalue weighted by molar-refractivity contribution is 7.66. The van der Waals surface area contributed by atoms with Gasteiger partial charge in [0.15, 0.2) is 12.3 Å². The van der Waals surface area contributed by atoms with Gasteiger partial charge < -0.3 is 34.2 Å². The van der Waals surface area contributed by atoms with Gasteiger partial charge in [-0.1, -0.05) is 0 Å². The lowest BCUT2D eigenvalue weighted by molar-refractivity contribution is -0.159. The first-order valence-corrected chi connectivity index (χ1v) is 16.3. The van der Waals surface area contributed by atoms with Crippen molar-refractivity contribution in [3.05, 3.63) is 22.7 Å². The van der Waals surface area contributed by atoms with E-state index in [0.29, 0.717) is 0 Å². The lowest BCUT2D eigenvalue weighted by Gasteiger charge is -2.26. The predicted octanol–water partition coefficient (Wildman–Crippen LogP) is 1.60. The van der Waals surface area contributed by atoms with E-state index in [2.05, 4.69) is 23.4 Å². The molecule has 0 saturated carbocycles. The molecule has 1 saturated heterocycles. The van der Waals surface area contributed by atoms with E-state index < -0.39 is 84.4 Å². The van der Waals surface area contributed by atoms with Crippen molar-refractivity contribution in [3.63, 3.8) is 0 Å². The van der Waals surface area contributed by atoms with Crippen LogP contribution in [0.5, 0.6) is 0 Å². The van der Waals surface area contributed by atoms with E-state index >= 15 is 0 Å². The van der Waals surface area contributed by atoms with Gasteiger partial charge in [-0.3, -0.25) is 23.2 Å². The van der Waals surface area contributed by atoms with Crippen LogP contribution in [-0.2, 0) is 55.2 Å². The number of esters is 1. The number of phosphoric ester groups is 2. The Kier molecular flexibility index (Phi) is 12.1. The molecule has 1 amide bonds. The second-order valence-electron chi connectivity index (χ2n) is 8.99. The molecule has 4 N–H and O–H groups in total. The molecule has 1 aromatic rings. The van der Waals surface area contributed by atoms with E-state index in [-0.39, 0.29) is 5.82 Å². The molecule has 2 heterocycles. The quantitative estimate of drug-likeness (QED) is 0.164. The summed E-state index contributed by atoms with van der Waals surface area (Å²) in [5, 5.41) is 2.33. The zero-order valence-electron chi connectivity index (χ0n) is 22.7. The second-order valence-corrected chi connectivity index (χ2v) is 13.6. The number of amides is 1. The SMILES string of the molecule is CC(=O)Nc1ccn([C@@H]2O[C@H](COP(=O)(O)OP(=O)(O)OP(=O)(O)OC(C)C)C(OC(C)C)[C@@H]2OC(C)=O)c(=O)n1. The zero-order valence-corrected chi connectivity index (χ0v) is 25.4. The van der Waals surface area contributed by atoms with Gasteiger partial charge >= 0.3 is 35.1 Å². The summed E-state index contributed by atoms with van der Waals surface area (Å²) in [5.41, 5.74) is -0.935. The first-order valence-electron chi connectivity index (χ1n) is 11.8. The van der Waals surface area contributed by atoms with E-state index in [1.165, 1.54) is 33.0 Å². The smallest absolute Gasteiger partial charge is 0.455 e. The molecular formula is C19H32N3O16P3. The van der Waals surface area contributed by atoms with E-state index in [9.17, 15) is 42.8 Å². The van der Waals surface area contributed by atoms with Gasteiger partial charge in [0, 0.05) is 20.0 Å². The summed E-state index contributed by atoms with van der Waals surface area (Å²) in [6, 6.07) is 1.26. The minimum Gasteiger partial charge on any atom is -0.455 e. The van der Waals surface area contributed by atoms with Crippen LogP contribution < -0.4 is 11.0 Å². The molecule has 0 bridgehead atoms. The molecule has 0 aliphatic carbocycles. The highest BCUT2D eigenvalue weighted by Gasteiger charge is 2.51. The van der Waals surface area contributed by atoms with Crippen LogP contribution in [0.1, 0.15) is 47.8 Å². The lowest BCUT2D eigenvalue weighted by Crippen LogP contribution is -2.42. The molecule has 0 aromatic carbocycles. The third-order valence-corrected chi connectivity index (χ3v) is 9.05. The number of phosphoric acid groups is 3.